The van der Waals surface area contributed by atoms with Crippen LogP contribution in [-0.2, 0) is 11.2 Å². The Hall–Kier alpha value is -1.20. The van der Waals surface area contributed by atoms with Gasteiger partial charge in [0.15, 0.2) is 0 Å². The maximum atomic E-state index is 5.98. The van der Waals surface area contributed by atoms with Crippen LogP contribution in [0.3, 0.4) is 0 Å². The number of nitrogens with zero attached hydrogens (tertiary/aromatic N) is 1. The van der Waals surface area contributed by atoms with Crippen molar-refractivity contribution in [3.63, 3.8) is 0 Å². The van der Waals surface area contributed by atoms with E-state index in [-0.39, 0.29) is 4.75 Å². The number of nitrogens with two attached hydrogens (primary N) is 1. The lowest BCUT2D eigenvalue weighted by Gasteiger charge is -2.29. The van der Waals surface area contributed by atoms with Crippen molar-refractivity contribution in [1.82, 2.24) is 10.2 Å². The molecule has 1 aliphatic rings. The van der Waals surface area contributed by atoms with Crippen LogP contribution in [-0.4, -0.2) is 28.2 Å². The second-order valence-electron chi connectivity index (χ2n) is 4.72. The molecule has 0 aliphatic heterocycles. The molecule has 5 heteroatoms. The van der Waals surface area contributed by atoms with Gasteiger partial charge < -0.3 is 10.5 Å². The molecule has 1 atom stereocenters. The summed E-state index contributed by atoms with van der Waals surface area (Å²) in [7, 11) is 0. The predicted molar refractivity (Wildman–Crippen MR) is 75.5 cm³/mol. The zero-order valence-electron chi connectivity index (χ0n) is 10.5. The number of rotatable bonds is 5. The average molecular weight is 265 g/mol. The molecule has 0 fully saturated rings. The van der Waals surface area contributed by atoms with Gasteiger partial charge in [-0.15, -0.1) is 0 Å². The van der Waals surface area contributed by atoms with Gasteiger partial charge in [-0.25, -0.2) is 0 Å². The Morgan fingerprint density at radius 1 is 1.61 bits per heavy atom. The molecule has 0 aromatic carbocycles. The Labute approximate surface area is 113 Å². The van der Waals surface area contributed by atoms with Gasteiger partial charge in [-0.2, -0.15) is 17.7 Å². The van der Waals surface area contributed by atoms with E-state index >= 15 is 0 Å². The lowest BCUT2D eigenvalue weighted by atomic mass is 9.91. The summed E-state index contributed by atoms with van der Waals surface area (Å²) in [6.45, 7) is 3.26. The molecule has 2 rings (SSSR count). The van der Waals surface area contributed by atoms with Gasteiger partial charge in [0.05, 0.1) is 19.4 Å². The number of ether oxygens (including phenoxy) is 1. The van der Waals surface area contributed by atoms with Crippen molar-refractivity contribution in [2.24, 2.45) is 5.73 Å². The van der Waals surface area contributed by atoms with Crippen LogP contribution in [0, 0.1) is 0 Å². The summed E-state index contributed by atoms with van der Waals surface area (Å²) in [4.78, 5) is 0. The molecule has 1 aliphatic carbocycles. The summed E-state index contributed by atoms with van der Waals surface area (Å²) >= 11 is 4.65. The maximum Gasteiger partial charge on any atom is 0.0713 e. The van der Waals surface area contributed by atoms with E-state index in [0.29, 0.717) is 13.2 Å². The molecule has 1 heterocycles. The fraction of sp³-hybridized carbons (Fsp3) is 0.462. The number of aromatic nitrogens is 2. The molecule has 1 aromatic rings. The highest BCUT2D eigenvalue weighted by atomic mass is 32.1. The third kappa shape index (κ3) is 3.17. The Balaban J connectivity index is 1.84. The van der Waals surface area contributed by atoms with Crippen molar-refractivity contribution in [2.45, 2.75) is 24.5 Å². The molecule has 0 radical (unpaired) electrons. The lowest BCUT2D eigenvalue weighted by Crippen LogP contribution is -2.28. The standard InChI is InChI=1S/C13H19N3OS/c1-13(18)5-2-3-12(14)11(13)9-17-6-4-10-7-15-16-8-10/h2-3,7-8,18H,4-6,9,14H2,1H3,(H,15,16). The van der Waals surface area contributed by atoms with Crippen LogP contribution >= 0.6 is 12.6 Å². The minimum Gasteiger partial charge on any atom is -0.399 e. The third-order valence-corrected chi connectivity index (χ3v) is 3.60. The number of hydrogen-bond donors (Lipinski definition) is 3. The van der Waals surface area contributed by atoms with Crippen molar-refractivity contribution in [3.05, 3.63) is 41.4 Å². The quantitative estimate of drug-likeness (QED) is 0.562. The first-order valence-electron chi connectivity index (χ1n) is 6.03. The summed E-state index contributed by atoms with van der Waals surface area (Å²) in [5.74, 6) is 0. The van der Waals surface area contributed by atoms with Crippen molar-refractivity contribution >= 4 is 12.6 Å². The second-order valence-corrected chi connectivity index (χ2v) is 5.71. The second kappa shape index (κ2) is 5.63. The van der Waals surface area contributed by atoms with Crippen molar-refractivity contribution < 1.29 is 4.74 Å². The Morgan fingerprint density at radius 3 is 3.11 bits per heavy atom. The Morgan fingerprint density at radius 2 is 2.44 bits per heavy atom. The van der Waals surface area contributed by atoms with E-state index in [9.17, 15) is 0 Å². The molecule has 98 valence electrons. The Kier molecular flexibility index (Phi) is 4.14. The van der Waals surface area contributed by atoms with Crippen molar-refractivity contribution in [2.75, 3.05) is 13.2 Å². The van der Waals surface area contributed by atoms with Gasteiger partial charge in [0.25, 0.3) is 0 Å². The van der Waals surface area contributed by atoms with E-state index < -0.39 is 0 Å². The molecule has 0 bridgehead atoms. The molecule has 0 amide bonds. The van der Waals surface area contributed by atoms with Crippen LogP contribution in [0.25, 0.3) is 0 Å². The summed E-state index contributed by atoms with van der Waals surface area (Å²) in [6, 6.07) is 0. The van der Waals surface area contributed by atoms with Crippen LogP contribution in [0.4, 0.5) is 0 Å². The summed E-state index contributed by atoms with van der Waals surface area (Å²) in [5.41, 5.74) is 8.98. The smallest absolute Gasteiger partial charge is 0.0713 e. The first kappa shape index (κ1) is 13.2. The first-order chi connectivity index (χ1) is 8.59. The lowest BCUT2D eigenvalue weighted by molar-refractivity contribution is 0.154. The normalized spacial score (nSPS) is 23.7. The van der Waals surface area contributed by atoms with Crippen LogP contribution in [0.2, 0.25) is 0 Å². The summed E-state index contributed by atoms with van der Waals surface area (Å²) < 4.78 is 5.49. The highest BCUT2D eigenvalue weighted by Gasteiger charge is 2.27. The van der Waals surface area contributed by atoms with E-state index in [1.54, 1.807) is 0 Å². The van der Waals surface area contributed by atoms with E-state index in [4.69, 9.17) is 10.5 Å². The molecule has 0 saturated heterocycles. The molecule has 18 heavy (non-hydrogen) atoms. The molecule has 4 nitrogen and oxygen atoms in total. The summed E-state index contributed by atoms with van der Waals surface area (Å²) in [6.07, 6.45) is 9.41. The van der Waals surface area contributed by atoms with Crippen molar-refractivity contribution in [3.8, 4) is 0 Å². The zero-order valence-corrected chi connectivity index (χ0v) is 11.4. The molecule has 3 N–H and O–H groups in total. The predicted octanol–water partition coefficient (Wildman–Crippen LogP) is 1.83. The van der Waals surface area contributed by atoms with Gasteiger partial charge in [-0.1, -0.05) is 6.08 Å². The zero-order chi connectivity index (χ0) is 13.0. The number of thiol groups is 1. The van der Waals surface area contributed by atoms with Crippen LogP contribution in [0.15, 0.2) is 35.8 Å². The molecular formula is C13H19N3OS. The maximum absolute atomic E-state index is 5.98. The van der Waals surface area contributed by atoms with Gasteiger partial charge in [0.1, 0.15) is 0 Å². The minimum atomic E-state index is -0.200. The van der Waals surface area contributed by atoms with Gasteiger partial charge >= 0.3 is 0 Å². The average Bonchev–Trinajstić information content (AvgIpc) is 2.79. The molecule has 1 aromatic heterocycles. The van der Waals surface area contributed by atoms with E-state index in [1.807, 2.05) is 18.5 Å². The monoisotopic (exact) mass is 265 g/mol. The SMILES string of the molecule is CC1(S)CC=CC(N)=C1COCCc1cn[nH]c1. The number of hydrogen-bond acceptors (Lipinski definition) is 4. The minimum absolute atomic E-state index is 0.200. The van der Waals surface area contributed by atoms with Crippen LogP contribution < -0.4 is 5.73 Å². The molecule has 0 spiro atoms. The van der Waals surface area contributed by atoms with Gasteiger partial charge in [-0.05, 0) is 37.0 Å². The largest absolute Gasteiger partial charge is 0.399 e. The number of nitrogens with one attached hydrogen (secondary N) is 1. The molecular weight excluding hydrogens is 246 g/mol. The summed E-state index contributed by atoms with van der Waals surface area (Å²) in [5, 5.41) is 6.68. The van der Waals surface area contributed by atoms with Gasteiger partial charge in [-0.3, -0.25) is 5.10 Å². The van der Waals surface area contributed by atoms with Crippen molar-refractivity contribution in [1.29, 1.82) is 0 Å². The highest BCUT2D eigenvalue weighted by molar-refractivity contribution is 7.82. The third-order valence-electron chi connectivity index (χ3n) is 3.15. The molecule has 0 saturated carbocycles. The van der Waals surface area contributed by atoms with Gasteiger partial charge in [0.2, 0.25) is 0 Å². The van der Waals surface area contributed by atoms with Gasteiger partial charge in [0, 0.05) is 16.6 Å². The number of H-pyrrole nitrogens is 1. The highest BCUT2D eigenvalue weighted by Crippen LogP contribution is 2.33. The van der Waals surface area contributed by atoms with Crippen LogP contribution in [0.5, 0.6) is 0 Å². The topological polar surface area (TPSA) is 63.9 Å². The van der Waals surface area contributed by atoms with Crippen LogP contribution in [0.1, 0.15) is 18.9 Å². The first-order valence-corrected chi connectivity index (χ1v) is 6.48. The Bertz CT molecular complexity index is 449. The number of aromatic amines is 1. The van der Waals surface area contributed by atoms with E-state index in [0.717, 1.165) is 29.7 Å². The fourth-order valence-corrected chi connectivity index (χ4v) is 2.27. The fourth-order valence-electron chi connectivity index (χ4n) is 1.97. The molecule has 1 unspecified atom stereocenters. The van der Waals surface area contributed by atoms with E-state index in [1.165, 1.54) is 0 Å². The van der Waals surface area contributed by atoms with E-state index in [2.05, 4.69) is 35.8 Å². The number of allylic oxidation sites excluding steroid dienone is 2.